The monoisotopic (exact) mass is 474 g/mol. The molecule has 0 saturated heterocycles. The number of para-hydroxylation sites is 2. The maximum absolute atomic E-state index is 4.98. The minimum absolute atomic E-state index is 0.779. The molecule has 0 saturated carbocycles. The van der Waals surface area contributed by atoms with E-state index in [4.69, 9.17) is 9.97 Å². The van der Waals surface area contributed by atoms with Crippen molar-refractivity contribution in [1.82, 2.24) is 9.97 Å². The molecule has 5 heterocycles. The van der Waals surface area contributed by atoms with Crippen LogP contribution in [0.3, 0.4) is 0 Å². The predicted molar refractivity (Wildman–Crippen MR) is 148 cm³/mol. The Bertz CT molecular complexity index is 1720. The molecule has 0 radical (unpaired) electrons. The lowest BCUT2D eigenvalue weighted by Crippen LogP contribution is -2.72. The van der Waals surface area contributed by atoms with Crippen LogP contribution in [0.2, 0.25) is 0 Å². The Balaban J connectivity index is 1.48. The Morgan fingerprint density at radius 2 is 0.784 bits per heavy atom. The molecule has 6 nitrogen and oxygen atoms in total. The summed E-state index contributed by atoms with van der Waals surface area (Å²) in [6.45, 7) is 0. The summed E-state index contributed by atoms with van der Waals surface area (Å²) < 4.78 is 0. The third kappa shape index (κ3) is 1.77. The van der Waals surface area contributed by atoms with Gasteiger partial charge in [0.05, 0.1) is 34.1 Å². The van der Waals surface area contributed by atoms with Gasteiger partial charge < -0.3 is 0 Å². The quantitative estimate of drug-likeness (QED) is 0.230. The molecule has 1 aromatic heterocycles. The average Bonchev–Trinajstić information content (AvgIpc) is 3.43. The van der Waals surface area contributed by atoms with Crippen molar-refractivity contribution >= 4 is 67.3 Å². The molecule has 4 aliphatic rings. The first-order chi connectivity index (χ1) is 18.4. The molecule has 1 spiro atoms. The van der Waals surface area contributed by atoms with Gasteiger partial charge in [0.2, 0.25) is 0 Å². The number of rotatable bonds is 0. The van der Waals surface area contributed by atoms with Crippen molar-refractivity contribution in [2.24, 2.45) is 0 Å². The summed E-state index contributed by atoms with van der Waals surface area (Å²) >= 11 is 0. The Morgan fingerprint density at radius 1 is 0.405 bits per heavy atom. The van der Waals surface area contributed by atoms with Crippen LogP contribution in [-0.4, -0.2) is 15.9 Å². The van der Waals surface area contributed by atoms with E-state index in [2.05, 4.69) is 117 Å². The van der Waals surface area contributed by atoms with Crippen LogP contribution < -0.4 is 19.6 Å². The summed E-state index contributed by atoms with van der Waals surface area (Å²) in [6.07, 6.45) is 3.61. The van der Waals surface area contributed by atoms with Gasteiger partial charge in [0.1, 0.15) is 0 Å². The molecule has 0 amide bonds. The maximum atomic E-state index is 4.98. The van der Waals surface area contributed by atoms with Gasteiger partial charge in [-0.3, -0.25) is 19.6 Å². The van der Waals surface area contributed by atoms with Crippen LogP contribution in [0.1, 0.15) is 0 Å². The van der Waals surface area contributed by atoms with Gasteiger partial charge in [-0.1, -0.05) is 60.7 Å². The topological polar surface area (TPSA) is 38.7 Å². The van der Waals surface area contributed by atoms with Gasteiger partial charge >= 0.3 is 0 Å². The van der Waals surface area contributed by atoms with Gasteiger partial charge in [0.15, 0.2) is 11.6 Å². The number of hydrogen-bond donors (Lipinski definition) is 0. The van der Waals surface area contributed by atoms with Crippen molar-refractivity contribution in [1.29, 1.82) is 0 Å². The number of nitrogens with zero attached hydrogens (tertiary/aromatic N) is 6. The van der Waals surface area contributed by atoms with Crippen LogP contribution >= 0.6 is 0 Å². The number of hydrogen-bond acceptors (Lipinski definition) is 6. The van der Waals surface area contributed by atoms with Gasteiger partial charge in [-0.2, -0.15) is 0 Å². The zero-order valence-corrected chi connectivity index (χ0v) is 19.6. The lowest BCUT2D eigenvalue weighted by molar-refractivity contribution is 0.471. The van der Waals surface area contributed by atoms with E-state index in [0.29, 0.717) is 0 Å². The summed E-state index contributed by atoms with van der Waals surface area (Å²) in [5.74, 6) is 0.938. The molecule has 0 atom stereocenters. The Morgan fingerprint density at radius 3 is 1.22 bits per heavy atom. The molecule has 4 aliphatic heterocycles. The Kier molecular flexibility index (Phi) is 2.86. The van der Waals surface area contributed by atoms with Gasteiger partial charge in [-0.15, -0.1) is 0 Å². The summed E-state index contributed by atoms with van der Waals surface area (Å²) in [5.41, 5.74) is 6.97. The fourth-order valence-corrected chi connectivity index (χ4v) is 7.17. The molecule has 0 fully saturated rings. The molecule has 6 heteroatoms. The normalized spacial score (nSPS) is 16.6. The van der Waals surface area contributed by atoms with E-state index in [1.54, 1.807) is 12.4 Å². The molecule has 0 N–H and O–H groups in total. The average molecular weight is 475 g/mol. The molecule has 0 bridgehead atoms. The standard InChI is InChI=1S/C31H18N6/c1-2-12-22-21(11-1)34-23-13-3-7-19-9-5-15-25(27(19)23)36-29-30(33-18-17-32-29)37-26-16-6-10-20-8-4-14-24(28(20)26)35(22)31(34,36)37/h1-18H. The van der Waals surface area contributed by atoms with Crippen LogP contribution in [0.5, 0.6) is 0 Å². The predicted octanol–water partition coefficient (Wildman–Crippen LogP) is 7.30. The molecule has 10 rings (SSSR count). The van der Waals surface area contributed by atoms with Gasteiger partial charge in [-0.05, 0) is 47.2 Å². The van der Waals surface area contributed by atoms with Crippen molar-refractivity contribution in [3.05, 3.63) is 109 Å². The fourth-order valence-electron chi connectivity index (χ4n) is 7.17. The first-order valence-electron chi connectivity index (χ1n) is 12.5. The minimum Gasteiger partial charge on any atom is -0.279 e. The Labute approximate surface area is 212 Å². The number of anilines is 8. The SMILES string of the molecule is c1ccc2c(c1)N1c3cccc4cccc(c34)N3c4nccnc4N4c5cccc6cccc(c56)N2C134. The van der Waals surface area contributed by atoms with E-state index < -0.39 is 5.91 Å². The second-order valence-corrected chi connectivity index (χ2v) is 9.94. The molecule has 0 unspecified atom stereocenters. The molecular formula is C31H18N6. The molecule has 5 aromatic carbocycles. The van der Waals surface area contributed by atoms with Crippen molar-refractivity contribution in [3.63, 3.8) is 0 Å². The van der Waals surface area contributed by atoms with E-state index in [1.165, 1.54) is 32.9 Å². The van der Waals surface area contributed by atoms with Crippen molar-refractivity contribution in [2.45, 2.75) is 5.91 Å². The highest BCUT2D eigenvalue weighted by molar-refractivity contribution is 6.20. The van der Waals surface area contributed by atoms with Crippen LogP contribution in [0.25, 0.3) is 21.5 Å². The lowest BCUT2D eigenvalue weighted by Gasteiger charge is -2.56. The zero-order chi connectivity index (χ0) is 23.9. The highest BCUT2D eigenvalue weighted by atomic mass is 15.8. The largest absolute Gasteiger partial charge is 0.298 e. The van der Waals surface area contributed by atoms with E-state index in [9.17, 15) is 0 Å². The first kappa shape index (κ1) is 18.2. The lowest BCUT2D eigenvalue weighted by atomic mass is 9.98. The van der Waals surface area contributed by atoms with Crippen molar-refractivity contribution in [2.75, 3.05) is 19.6 Å². The second-order valence-electron chi connectivity index (χ2n) is 9.94. The number of aromatic nitrogens is 2. The van der Waals surface area contributed by atoms with Crippen molar-refractivity contribution in [3.8, 4) is 0 Å². The maximum Gasteiger partial charge on any atom is 0.298 e. The molecule has 6 aromatic rings. The highest BCUT2D eigenvalue weighted by Crippen LogP contribution is 2.69. The summed E-state index contributed by atoms with van der Waals surface area (Å²) in [6, 6.07) is 35.1. The van der Waals surface area contributed by atoms with Gasteiger partial charge in [0.25, 0.3) is 5.91 Å². The van der Waals surface area contributed by atoms with E-state index in [-0.39, 0.29) is 0 Å². The van der Waals surface area contributed by atoms with Gasteiger partial charge in [-0.25, -0.2) is 9.97 Å². The molecule has 37 heavy (non-hydrogen) atoms. The van der Waals surface area contributed by atoms with E-state index in [1.807, 2.05) is 0 Å². The first-order valence-corrected chi connectivity index (χ1v) is 12.5. The van der Waals surface area contributed by atoms with Crippen LogP contribution in [0.4, 0.5) is 45.8 Å². The highest BCUT2D eigenvalue weighted by Gasteiger charge is 2.69. The molecule has 0 aliphatic carbocycles. The number of fused-ring (bicyclic) bond motifs is 10. The Hall–Kier alpha value is -5.10. The zero-order valence-electron chi connectivity index (χ0n) is 19.6. The summed E-state index contributed by atoms with van der Waals surface area (Å²) in [5, 5.41) is 4.87. The van der Waals surface area contributed by atoms with Crippen molar-refractivity contribution < 1.29 is 0 Å². The smallest absolute Gasteiger partial charge is 0.279 e. The second kappa shape index (κ2) is 5.82. The van der Waals surface area contributed by atoms with E-state index >= 15 is 0 Å². The molecule has 172 valence electrons. The van der Waals surface area contributed by atoms with Gasteiger partial charge in [0, 0.05) is 23.2 Å². The summed E-state index contributed by atoms with van der Waals surface area (Å²) in [4.78, 5) is 19.8. The van der Waals surface area contributed by atoms with Crippen LogP contribution in [-0.2, 0) is 0 Å². The number of benzene rings is 5. The summed E-state index contributed by atoms with van der Waals surface area (Å²) in [7, 11) is 0. The van der Waals surface area contributed by atoms with Crippen LogP contribution in [0, 0.1) is 0 Å². The third-order valence-electron chi connectivity index (χ3n) is 8.33. The van der Waals surface area contributed by atoms with Crippen LogP contribution in [0.15, 0.2) is 109 Å². The van der Waals surface area contributed by atoms with E-state index in [0.717, 1.165) is 34.4 Å². The third-order valence-corrected chi connectivity index (χ3v) is 8.33. The minimum atomic E-state index is -0.779. The molecular weight excluding hydrogens is 456 g/mol. The fraction of sp³-hybridized carbons (Fsp3) is 0.0323.